The first-order chi connectivity index (χ1) is 12.0. The number of hydrogen-bond donors (Lipinski definition) is 0. The second kappa shape index (κ2) is 13.2. The molecular formula is C21H38O4. The van der Waals surface area contributed by atoms with Crippen LogP contribution in [0, 0.1) is 17.8 Å². The maximum Gasteiger partial charge on any atom is 0.308 e. The molecular weight excluding hydrogens is 316 g/mol. The van der Waals surface area contributed by atoms with Crippen LogP contribution in [0.1, 0.15) is 90.9 Å². The molecule has 1 fully saturated rings. The van der Waals surface area contributed by atoms with Gasteiger partial charge in [-0.25, -0.2) is 0 Å². The summed E-state index contributed by atoms with van der Waals surface area (Å²) in [6.07, 6.45) is 13.0. The minimum absolute atomic E-state index is 0.0261. The van der Waals surface area contributed by atoms with Crippen LogP contribution in [0.5, 0.6) is 0 Å². The average molecular weight is 355 g/mol. The van der Waals surface area contributed by atoms with Crippen LogP contribution in [-0.2, 0) is 19.1 Å². The van der Waals surface area contributed by atoms with E-state index in [2.05, 4.69) is 13.8 Å². The van der Waals surface area contributed by atoms with Crippen LogP contribution in [0.2, 0.25) is 0 Å². The largest absolute Gasteiger partial charge is 0.469 e. The molecule has 0 saturated heterocycles. The number of unbranched alkanes of at least 4 members (excludes halogenated alkanes) is 6. The Hall–Kier alpha value is -1.06. The molecule has 0 spiro atoms. The summed E-state index contributed by atoms with van der Waals surface area (Å²) in [5.74, 6) is 0.551. The number of esters is 2. The zero-order valence-electron chi connectivity index (χ0n) is 16.6. The van der Waals surface area contributed by atoms with Crippen LogP contribution >= 0.6 is 0 Å². The van der Waals surface area contributed by atoms with E-state index in [1.807, 2.05) is 0 Å². The monoisotopic (exact) mass is 354 g/mol. The minimum atomic E-state index is -0.143. The van der Waals surface area contributed by atoms with Crippen molar-refractivity contribution < 1.29 is 19.1 Å². The van der Waals surface area contributed by atoms with Crippen LogP contribution in [0.15, 0.2) is 0 Å². The molecule has 0 atom stereocenters. The van der Waals surface area contributed by atoms with Gasteiger partial charge in [0.15, 0.2) is 0 Å². The molecule has 4 nitrogen and oxygen atoms in total. The highest BCUT2D eigenvalue weighted by molar-refractivity contribution is 5.75. The van der Waals surface area contributed by atoms with Crippen molar-refractivity contribution in [3.63, 3.8) is 0 Å². The quantitative estimate of drug-likeness (QED) is 0.353. The number of carbonyl (C=O) groups is 2. The third-order valence-electron chi connectivity index (χ3n) is 5.27. The summed E-state index contributed by atoms with van der Waals surface area (Å²) in [5, 5.41) is 0. The predicted molar refractivity (Wildman–Crippen MR) is 100 cm³/mol. The van der Waals surface area contributed by atoms with Crippen LogP contribution in [0.3, 0.4) is 0 Å². The van der Waals surface area contributed by atoms with Crippen molar-refractivity contribution in [2.45, 2.75) is 90.9 Å². The van der Waals surface area contributed by atoms with Gasteiger partial charge < -0.3 is 9.47 Å². The molecule has 0 unspecified atom stereocenters. The lowest BCUT2D eigenvalue weighted by Gasteiger charge is -2.25. The van der Waals surface area contributed by atoms with E-state index >= 15 is 0 Å². The minimum Gasteiger partial charge on any atom is -0.469 e. The van der Waals surface area contributed by atoms with Gasteiger partial charge >= 0.3 is 11.9 Å². The van der Waals surface area contributed by atoms with Gasteiger partial charge in [0.05, 0.1) is 25.6 Å². The second-order valence-electron chi connectivity index (χ2n) is 7.90. The van der Waals surface area contributed by atoms with Gasteiger partial charge in [-0.3, -0.25) is 9.59 Å². The van der Waals surface area contributed by atoms with E-state index in [0.717, 1.165) is 44.4 Å². The first-order valence-electron chi connectivity index (χ1n) is 10.3. The second-order valence-corrected chi connectivity index (χ2v) is 7.90. The first kappa shape index (κ1) is 22.0. The Labute approximate surface area is 154 Å². The molecule has 1 saturated carbocycles. The number of carbonyl (C=O) groups excluding carboxylic acids is 2. The van der Waals surface area contributed by atoms with Crippen LogP contribution in [0.25, 0.3) is 0 Å². The van der Waals surface area contributed by atoms with Gasteiger partial charge in [0, 0.05) is 0 Å². The molecule has 0 amide bonds. The van der Waals surface area contributed by atoms with Crippen molar-refractivity contribution in [2.75, 3.05) is 13.7 Å². The van der Waals surface area contributed by atoms with Crippen molar-refractivity contribution >= 4 is 11.9 Å². The smallest absolute Gasteiger partial charge is 0.308 e. The Morgan fingerprint density at radius 2 is 1.28 bits per heavy atom. The molecule has 0 aliphatic heterocycles. The van der Waals surface area contributed by atoms with E-state index < -0.39 is 0 Å². The van der Waals surface area contributed by atoms with Gasteiger partial charge in [-0.15, -0.1) is 0 Å². The van der Waals surface area contributed by atoms with Gasteiger partial charge in [0.2, 0.25) is 0 Å². The van der Waals surface area contributed by atoms with E-state index in [-0.39, 0.29) is 23.8 Å². The molecule has 25 heavy (non-hydrogen) atoms. The van der Waals surface area contributed by atoms with E-state index in [4.69, 9.17) is 9.47 Å². The molecule has 146 valence electrons. The number of ether oxygens (including phenoxy) is 2. The van der Waals surface area contributed by atoms with Crippen molar-refractivity contribution in [1.82, 2.24) is 0 Å². The topological polar surface area (TPSA) is 52.6 Å². The molecule has 1 aliphatic carbocycles. The summed E-state index contributed by atoms with van der Waals surface area (Å²) in [6, 6.07) is 0. The summed E-state index contributed by atoms with van der Waals surface area (Å²) in [4.78, 5) is 23.6. The molecule has 1 aliphatic rings. The summed E-state index contributed by atoms with van der Waals surface area (Å²) in [7, 11) is 1.42. The fraction of sp³-hybridized carbons (Fsp3) is 0.905. The van der Waals surface area contributed by atoms with Gasteiger partial charge in [-0.2, -0.15) is 0 Å². The number of methoxy groups -OCH3 is 1. The van der Waals surface area contributed by atoms with E-state index in [1.165, 1.54) is 45.6 Å². The third kappa shape index (κ3) is 9.86. The lowest BCUT2D eigenvalue weighted by Crippen LogP contribution is -2.28. The Balaban J connectivity index is 1.95. The lowest BCUT2D eigenvalue weighted by atomic mass is 9.82. The SMILES string of the molecule is COC(=O)C1CCC(C(=O)OCCCCCCCCCC(C)C)CC1. The highest BCUT2D eigenvalue weighted by Gasteiger charge is 2.31. The Morgan fingerprint density at radius 3 is 1.80 bits per heavy atom. The summed E-state index contributed by atoms with van der Waals surface area (Å²) < 4.78 is 10.2. The standard InChI is InChI=1S/C21H38O4/c1-17(2)11-9-7-5-4-6-8-10-16-25-21(23)19-14-12-18(13-15-19)20(22)24-3/h17-19H,4-16H2,1-3H3. The molecule has 0 aromatic heterocycles. The number of hydrogen-bond acceptors (Lipinski definition) is 4. The normalized spacial score (nSPS) is 20.5. The molecule has 1 rings (SSSR count). The average Bonchev–Trinajstić information content (AvgIpc) is 2.62. The summed E-state index contributed by atoms with van der Waals surface area (Å²) in [5.41, 5.74) is 0. The van der Waals surface area contributed by atoms with Crippen LogP contribution < -0.4 is 0 Å². The Kier molecular flexibility index (Phi) is 11.6. The third-order valence-corrected chi connectivity index (χ3v) is 5.27. The molecule has 0 heterocycles. The molecule has 0 aromatic rings. The maximum atomic E-state index is 12.1. The molecule has 0 aromatic carbocycles. The van der Waals surface area contributed by atoms with Crippen molar-refractivity contribution in [3.8, 4) is 0 Å². The zero-order valence-corrected chi connectivity index (χ0v) is 16.6. The molecule has 0 radical (unpaired) electrons. The van der Waals surface area contributed by atoms with E-state index in [0.29, 0.717) is 6.61 Å². The van der Waals surface area contributed by atoms with Crippen molar-refractivity contribution in [1.29, 1.82) is 0 Å². The summed E-state index contributed by atoms with van der Waals surface area (Å²) in [6.45, 7) is 5.11. The van der Waals surface area contributed by atoms with E-state index in [9.17, 15) is 9.59 Å². The van der Waals surface area contributed by atoms with Crippen LogP contribution in [-0.4, -0.2) is 25.7 Å². The molecule has 4 heteroatoms. The molecule has 0 bridgehead atoms. The Morgan fingerprint density at radius 1 is 0.800 bits per heavy atom. The van der Waals surface area contributed by atoms with Gasteiger partial charge in [0.1, 0.15) is 0 Å². The fourth-order valence-corrected chi connectivity index (χ4v) is 3.56. The molecule has 0 N–H and O–H groups in total. The van der Waals surface area contributed by atoms with Gasteiger partial charge in [0.25, 0.3) is 0 Å². The highest BCUT2D eigenvalue weighted by atomic mass is 16.5. The lowest BCUT2D eigenvalue weighted by molar-refractivity contribution is -0.153. The highest BCUT2D eigenvalue weighted by Crippen LogP contribution is 2.30. The van der Waals surface area contributed by atoms with Gasteiger partial charge in [-0.05, 0) is 38.0 Å². The van der Waals surface area contributed by atoms with Gasteiger partial charge in [-0.1, -0.05) is 58.8 Å². The van der Waals surface area contributed by atoms with Crippen molar-refractivity contribution in [2.24, 2.45) is 17.8 Å². The van der Waals surface area contributed by atoms with Crippen molar-refractivity contribution in [3.05, 3.63) is 0 Å². The Bertz CT molecular complexity index is 370. The van der Waals surface area contributed by atoms with Crippen LogP contribution in [0.4, 0.5) is 0 Å². The predicted octanol–water partition coefficient (Wildman–Crippen LogP) is 5.29. The van der Waals surface area contributed by atoms with E-state index in [1.54, 1.807) is 0 Å². The number of rotatable bonds is 12. The zero-order chi connectivity index (χ0) is 18.5. The fourth-order valence-electron chi connectivity index (χ4n) is 3.56. The first-order valence-corrected chi connectivity index (χ1v) is 10.3. The summed E-state index contributed by atoms with van der Waals surface area (Å²) >= 11 is 0. The maximum absolute atomic E-state index is 12.1.